The van der Waals surface area contributed by atoms with E-state index in [1.165, 1.54) is 0 Å². The molecule has 1 saturated heterocycles. The third-order valence-corrected chi connectivity index (χ3v) is 4.36. The molecule has 0 aliphatic carbocycles. The second-order valence-corrected chi connectivity index (χ2v) is 5.98. The zero-order valence-electron chi connectivity index (χ0n) is 11.4. The molecule has 1 aliphatic heterocycles. The average Bonchev–Trinajstić information content (AvgIpc) is 3.09. The third kappa shape index (κ3) is 2.90. The molecule has 106 valence electrons. The number of amides is 1. The first-order chi connectivity index (χ1) is 9.72. The summed E-state index contributed by atoms with van der Waals surface area (Å²) >= 11 is 1.62. The predicted octanol–water partition coefficient (Wildman–Crippen LogP) is 2.60. The highest BCUT2D eigenvalue weighted by Gasteiger charge is 2.23. The monoisotopic (exact) mass is 291 g/mol. The van der Waals surface area contributed by atoms with E-state index >= 15 is 0 Å². The number of aromatic nitrogens is 2. The van der Waals surface area contributed by atoms with E-state index in [1.807, 2.05) is 21.7 Å². The first-order valence-corrected chi connectivity index (χ1v) is 7.77. The molecule has 1 atom stereocenters. The van der Waals surface area contributed by atoms with Gasteiger partial charge in [0.15, 0.2) is 0 Å². The number of rotatable bonds is 3. The van der Waals surface area contributed by atoms with Crippen LogP contribution in [0.3, 0.4) is 0 Å². The molecule has 0 bridgehead atoms. The summed E-state index contributed by atoms with van der Waals surface area (Å²) in [5.74, 6) is 1.89. The summed E-state index contributed by atoms with van der Waals surface area (Å²) in [6.07, 6.45) is 2.91. The Morgan fingerprint density at radius 3 is 3.25 bits per heavy atom. The zero-order valence-corrected chi connectivity index (χ0v) is 12.2. The molecule has 0 radical (unpaired) electrons. The molecule has 3 rings (SSSR count). The van der Waals surface area contributed by atoms with Crippen molar-refractivity contribution < 1.29 is 9.32 Å². The van der Waals surface area contributed by atoms with E-state index in [9.17, 15) is 4.79 Å². The number of carbonyl (C=O) groups is 1. The lowest BCUT2D eigenvalue weighted by Crippen LogP contribution is -2.39. The third-order valence-electron chi connectivity index (χ3n) is 3.68. The van der Waals surface area contributed by atoms with Gasteiger partial charge in [-0.15, -0.1) is 0 Å². The number of hydrogen-bond acceptors (Lipinski definition) is 5. The fraction of sp³-hybridized carbons (Fsp3) is 0.500. The fourth-order valence-corrected chi connectivity index (χ4v) is 3.25. The first-order valence-electron chi connectivity index (χ1n) is 6.83. The molecule has 0 spiro atoms. The van der Waals surface area contributed by atoms with E-state index < -0.39 is 0 Å². The van der Waals surface area contributed by atoms with E-state index in [2.05, 4.69) is 10.1 Å². The van der Waals surface area contributed by atoms with Crippen molar-refractivity contribution in [2.24, 2.45) is 5.92 Å². The number of nitrogens with zero attached hydrogens (tertiary/aromatic N) is 3. The van der Waals surface area contributed by atoms with Crippen LogP contribution < -0.4 is 0 Å². The lowest BCUT2D eigenvalue weighted by atomic mass is 9.95. The molecule has 0 saturated carbocycles. The van der Waals surface area contributed by atoms with Crippen molar-refractivity contribution in [1.82, 2.24) is 15.0 Å². The molecule has 1 fully saturated rings. The summed E-state index contributed by atoms with van der Waals surface area (Å²) in [4.78, 5) is 17.8. The molecule has 1 aliphatic rings. The summed E-state index contributed by atoms with van der Waals surface area (Å²) in [5, 5.41) is 8.02. The topological polar surface area (TPSA) is 59.2 Å². The van der Waals surface area contributed by atoms with Crippen LogP contribution in [0.4, 0.5) is 0 Å². The number of piperidine rings is 1. The van der Waals surface area contributed by atoms with Crippen LogP contribution in [0.2, 0.25) is 0 Å². The first kappa shape index (κ1) is 13.3. The zero-order chi connectivity index (χ0) is 13.9. The van der Waals surface area contributed by atoms with Gasteiger partial charge < -0.3 is 9.42 Å². The van der Waals surface area contributed by atoms with E-state index in [4.69, 9.17) is 4.52 Å². The lowest BCUT2D eigenvalue weighted by Gasteiger charge is -2.31. The maximum absolute atomic E-state index is 11.4. The van der Waals surface area contributed by atoms with Crippen LogP contribution in [0.15, 0.2) is 21.3 Å². The second-order valence-electron chi connectivity index (χ2n) is 5.20. The van der Waals surface area contributed by atoms with Crippen molar-refractivity contribution in [2.75, 3.05) is 13.1 Å². The van der Waals surface area contributed by atoms with E-state index in [0.717, 1.165) is 37.9 Å². The Balaban J connectivity index is 1.64. The van der Waals surface area contributed by atoms with Gasteiger partial charge >= 0.3 is 0 Å². The smallest absolute Gasteiger partial charge is 0.227 e. The Labute approximate surface area is 121 Å². The van der Waals surface area contributed by atoms with Crippen molar-refractivity contribution in [3.8, 4) is 11.4 Å². The summed E-state index contributed by atoms with van der Waals surface area (Å²) < 4.78 is 5.33. The summed E-state index contributed by atoms with van der Waals surface area (Å²) in [5.41, 5.74) is 0.999. The Kier molecular flexibility index (Phi) is 3.82. The second kappa shape index (κ2) is 5.75. The molecule has 5 nitrogen and oxygen atoms in total. The van der Waals surface area contributed by atoms with Gasteiger partial charge in [-0.25, -0.2) is 0 Å². The number of thiophene rings is 1. The standard InChI is InChI=1S/C14H17N3O2S/c1-10(18)17-5-2-3-11(8-17)7-13-15-14(16-19-13)12-4-6-20-9-12/h4,6,9,11H,2-3,5,7-8H2,1H3. The van der Waals surface area contributed by atoms with Crippen molar-refractivity contribution in [3.05, 3.63) is 22.7 Å². The molecular formula is C14H17N3O2S. The van der Waals surface area contributed by atoms with Crippen LogP contribution in [-0.4, -0.2) is 34.0 Å². The summed E-state index contributed by atoms with van der Waals surface area (Å²) in [6, 6.07) is 1.98. The maximum Gasteiger partial charge on any atom is 0.227 e. The van der Waals surface area contributed by atoms with Crippen molar-refractivity contribution in [2.45, 2.75) is 26.2 Å². The normalized spacial score (nSPS) is 19.2. The van der Waals surface area contributed by atoms with Gasteiger partial charge in [-0.2, -0.15) is 16.3 Å². The van der Waals surface area contributed by atoms with E-state index in [0.29, 0.717) is 17.6 Å². The molecule has 0 aromatic carbocycles. The highest BCUT2D eigenvalue weighted by Crippen LogP contribution is 2.23. The number of hydrogen-bond donors (Lipinski definition) is 0. The van der Waals surface area contributed by atoms with Crippen LogP contribution in [-0.2, 0) is 11.2 Å². The molecule has 2 aromatic heterocycles. The van der Waals surface area contributed by atoms with Crippen molar-refractivity contribution in [1.29, 1.82) is 0 Å². The van der Waals surface area contributed by atoms with Crippen LogP contribution in [0.25, 0.3) is 11.4 Å². The summed E-state index contributed by atoms with van der Waals surface area (Å²) in [7, 11) is 0. The molecule has 1 amide bonds. The highest BCUT2D eigenvalue weighted by atomic mass is 32.1. The molecule has 2 aromatic rings. The van der Waals surface area contributed by atoms with Gasteiger partial charge in [0, 0.05) is 37.4 Å². The Bertz CT molecular complexity index is 579. The SMILES string of the molecule is CC(=O)N1CCCC(Cc2nc(-c3ccsc3)no2)C1. The molecule has 1 unspecified atom stereocenters. The number of likely N-dealkylation sites (tertiary alicyclic amines) is 1. The number of carbonyl (C=O) groups excluding carboxylic acids is 1. The molecular weight excluding hydrogens is 274 g/mol. The van der Waals surface area contributed by atoms with Gasteiger partial charge in [-0.1, -0.05) is 5.16 Å². The minimum absolute atomic E-state index is 0.152. The minimum atomic E-state index is 0.152. The Morgan fingerprint density at radius 1 is 1.60 bits per heavy atom. The fourth-order valence-electron chi connectivity index (χ4n) is 2.61. The van der Waals surface area contributed by atoms with Gasteiger partial charge in [0.05, 0.1) is 0 Å². The molecule has 0 N–H and O–H groups in total. The van der Waals surface area contributed by atoms with Gasteiger partial charge in [0.1, 0.15) is 0 Å². The molecule has 20 heavy (non-hydrogen) atoms. The highest BCUT2D eigenvalue weighted by molar-refractivity contribution is 7.08. The van der Waals surface area contributed by atoms with Crippen molar-refractivity contribution in [3.63, 3.8) is 0 Å². The largest absolute Gasteiger partial charge is 0.343 e. The molecule has 3 heterocycles. The Morgan fingerprint density at radius 2 is 2.50 bits per heavy atom. The molecule has 6 heteroatoms. The predicted molar refractivity (Wildman–Crippen MR) is 76.3 cm³/mol. The van der Waals surface area contributed by atoms with Gasteiger partial charge in [0.25, 0.3) is 0 Å². The van der Waals surface area contributed by atoms with Gasteiger partial charge in [0.2, 0.25) is 17.6 Å². The van der Waals surface area contributed by atoms with E-state index in [1.54, 1.807) is 18.3 Å². The quantitative estimate of drug-likeness (QED) is 0.872. The van der Waals surface area contributed by atoms with Crippen LogP contribution in [0.1, 0.15) is 25.7 Å². The van der Waals surface area contributed by atoms with Crippen LogP contribution >= 0.6 is 11.3 Å². The van der Waals surface area contributed by atoms with Gasteiger partial charge in [-0.3, -0.25) is 4.79 Å². The van der Waals surface area contributed by atoms with Crippen LogP contribution in [0, 0.1) is 5.92 Å². The van der Waals surface area contributed by atoms with E-state index in [-0.39, 0.29) is 5.91 Å². The van der Waals surface area contributed by atoms with Crippen molar-refractivity contribution >= 4 is 17.2 Å². The Hall–Kier alpha value is -1.69. The van der Waals surface area contributed by atoms with Crippen LogP contribution in [0.5, 0.6) is 0 Å². The maximum atomic E-state index is 11.4. The average molecular weight is 291 g/mol. The van der Waals surface area contributed by atoms with Gasteiger partial charge in [-0.05, 0) is 30.2 Å². The lowest BCUT2D eigenvalue weighted by molar-refractivity contribution is -0.130. The minimum Gasteiger partial charge on any atom is -0.343 e. The summed E-state index contributed by atoms with van der Waals surface area (Å²) in [6.45, 7) is 3.30.